The van der Waals surface area contributed by atoms with Gasteiger partial charge in [-0.25, -0.2) is 4.79 Å². The molecule has 1 atom stereocenters. The van der Waals surface area contributed by atoms with Gasteiger partial charge in [0, 0.05) is 17.4 Å². The van der Waals surface area contributed by atoms with Crippen LogP contribution in [0.1, 0.15) is 52.1 Å². The van der Waals surface area contributed by atoms with Crippen LogP contribution in [0.15, 0.2) is 28.7 Å². The minimum atomic E-state index is -0.512. The van der Waals surface area contributed by atoms with Crippen LogP contribution in [0.5, 0.6) is 0 Å². The summed E-state index contributed by atoms with van der Waals surface area (Å²) in [6.07, 6.45) is 0.468. The second-order valence-corrected chi connectivity index (χ2v) is 7.29. The molecular formula is C17H25BrN2O3. The summed E-state index contributed by atoms with van der Waals surface area (Å²) < 4.78 is 6.13. The van der Waals surface area contributed by atoms with E-state index in [1.54, 1.807) is 0 Å². The highest BCUT2D eigenvalue weighted by atomic mass is 79.9. The number of carbonyl (C=O) groups is 2. The van der Waals surface area contributed by atoms with Crippen molar-refractivity contribution in [1.82, 2.24) is 10.6 Å². The molecule has 0 aliphatic carbocycles. The van der Waals surface area contributed by atoms with Crippen LogP contribution in [0.4, 0.5) is 4.79 Å². The number of rotatable bonds is 6. The van der Waals surface area contributed by atoms with Crippen LogP contribution in [0.25, 0.3) is 0 Å². The number of carbonyl (C=O) groups excluding carboxylic acids is 2. The number of alkyl carbamates (subject to hydrolysis) is 1. The topological polar surface area (TPSA) is 67.4 Å². The molecule has 0 aliphatic heterocycles. The second kappa shape index (κ2) is 8.91. The highest BCUT2D eigenvalue weighted by Gasteiger charge is 2.15. The van der Waals surface area contributed by atoms with Gasteiger partial charge in [0.25, 0.3) is 0 Å². The predicted molar refractivity (Wildman–Crippen MR) is 94.2 cm³/mol. The van der Waals surface area contributed by atoms with Gasteiger partial charge in [0.05, 0.1) is 6.04 Å². The number of benzene rings is 1. The molecule has 0 fully saturated rings. The molecule has 6 heteroatoms. The smallest absolute Gasteiger partial charge is 0.407 e. The molecule has 128 valence electrons. The first kappa shape index (κ1) is 19.5. The summed E-state index contributed by atoms with van der Waals surface area (Å²) in [5, 5.41) is 5.58. The zero-order chi connectivity index (χ0) is 17.5. The molecule has 0 radical (unpaired) electrons. The van der Waals surface area contributed by atoms with Crippen molar-refractivity contribution in [2.24, 2.45) is 0 Å². The molecule has 0 saturated heterocycles. The fourth-order valence-corrected chi connectivity index (χ4v) is 2.17. The first-order valence-corrected chi connectivity index (χ1v) is 8.48. The van der Waals surface area contributed by atoms with Gasteiger partial charge < -0.3 is 15.4 Å². The van der Waals surface area contributed by atoms with Crippen LogP contribution in [0, 0.1) is 0 Å². The Balaban J connectivity index is 2.24. The normalized spacial score (nSPS) is 12.4. The fraction of sp³-hybridized carbons (Fsp3) is 0.529. The van der Waals surface area contributed by atoms with Crippen LogP contribution in [-0.4, -0.2) is 24.1 Å². The summed E-state index contributed by atoms with van der Waals surface area (Å²) in [7, 11) is 0. The molecule has 1 aromatic rings. The summed E-state index contributed by atoms with van der Waals surface area (Å²) in [4.78, 5) is 23.4. The number of hydrogen-bond acceptors (Lipinski definition) is 3. The Labute approximate surface area is 146 Å². The fourth-order valence-electron chi connectivity index (χ4n) is 1.90. The number of nitrogens with one attached hydrogen (secondary N) is 2. The Hall–Kier alpha value is -1.56. The van der Waals surface area contributed by atoms with Crippen molar-refractivity contribution in [1.29, 1.82) is 0 Å². The maximum absolute atomic E-state index is 11.9. The summed E-state index contributed by atoms with van der Waals surface area (Å²) >= 11 is 3.39. The molecule has 0 aliphatic rings. The van der Waals surface area contributed by atoms with E-state index in [2.05, 4.69) is 26.6 Å². The van der Waals surface area contributed by atoms with Crippen LogP contribution in [-0.2, 0) is 9.53 Å². The minimum absolute atomic E-state index is 0.0357. The van der Waals surface area contributed by atoms with Crippen molar-refractivity contribution < 1.29 is 14.3 Å². The monoisotopic (exact) mass is 384 g/mol. The zero-order valence-electron chi connectivity index (χ0n) is 14.1. The van der Waals surface area contributed by atoms with Crippen LogP contribution < -0.4 is 10.6 Å². The quantitative estimate of drug-likeness (QED) is 0.730. The number of hydrogen-bond donors (Lipinski definition) is 2. The van der Waals surface area contributed by atoms with Crippen molar-refractivity contribution in [2.75, 3.05) is 6.54 Å². The van der Waals surface area contributed by atoms with Gasteiger partial charge in [-0.15, -0.1) is 0 Å². The van der Waals surface area contributed by atoms with Crippen molar-refractivity contribution in [3.05, 3.63) is 34.3 Å². The van der Waals surface area contributed by atoms with Gasteiger partial charge in [0.2, 0.25) is 5.91 Å². The van der Waals surface area contributed by atoms with Gasteiger partial charge in [-0.3, -0.25) is 4.79 Å². The van der Waals surface area contributed by atoms with Crippen LogP contribution in [0.3, 0.4) is 0 Å². The molecule has 5 nitrogen and oxygen atoms in total. The molecule has 0 aromatic heterocycles. The van der Waals surface area contributed by atoms with Crippen molar-refractivity contribution in [2.45, 2.75) is 52.2 Å². The molecule has 2 N–H and O–H groups in total. The Kier molecular flexibility index (Phi) is 7.55. The average molecular weight is 385 g/mol. The highest BCUT2D eigenvalue weighted by Crippen LogP contribution is 2.16. The van der Waals surface area contributed by atoms with Crippen molar-refractivity contribution in [3.8, 4) is 0 Å². The Bertz CT molecular complexity index is 524. The first-order chi connectivity index (χ1) is 10.7. The van der Waals surface area contributed by atoms with Gasteiger partial charge in [-0.2, -0.15) is 0 Å². The summed E-state index contributed by atoms with van der Waals surface area (Å²) in [5.41, 5.74) is 0.537. The van der Waals surface area contributed by atoms with E-state index in [0.29, 0.717) is 19.4 Å². The maximum atomic E-state index is 11.9. The molecular weight excluding hydrogens is 360 g/mol. The molecule has 1 rings (SSSR count). The van der Waals surface area contributed by atoms with Gasteiger partial charge in [-0.1, -0.05) is 28.1 Å². The van der Waals surface area contributed by atoms with Crippen molar-refractivity contribution >= 4 is 27.9 Å². The zero-order valence-corrected chi connectivity index (χ0v) is 15.7. The summed E-state index contributed by atoms with van der Waals surface area (Å²) in [5.74, 6) is -0.0357. The Morgan fingerprint density at radius 1 is 1.22 bits per heavy atom. The number of halogens is 1. The van der Waals surface area contributed by atoms with E-state index in [-0.39, 0.29) is 11.9 Å². The second-order valence-electron chi connectivity index (χ2n) is 6.37. The molecule has 1 aromatic carbocycles. The standard InChI is InChI=1S/C17H25BrN2O3/c1-12(13-7-9-14(18)10-8-13)20-15(21)6-5-11-19-16(22)23-17(2,3)4/h7-10,12H,5-6,11H2,1-4H3,(H,19,22)(H,20,21)/t12-/m1/s1. The van der Waals surface area contributed by atoms with Crippen molar-refractivity contribution in [3.63, 3.8) is 0 Å². The largest absolute Gasteiger partial charge is 0.444 e. The van der Waals surface area contributed by atoms with E-state index in [1.165, 1.54) is 0 Å². The molecule has 0 unspecified atom stereocenters. The third kappa shape index (κ3) is 8.59. The predicted octanol–water partition coefficient (Wildman–Crippen LogP) is 3.93. The highest BCUT2D eigenvalue weighted by molar-refractivity contribution is 9.10. The lowest BCUT2D eigenvalue weighted by molar-refractivity contribution is -0.121. The van der Waals surface area contributed by atoms with Crippen LogP contribution >= 0.6 is 15.9 Å². The summed E-state index contributed by atoms with van der Waals surface area (Å²) in [6.45, 7) is 7.78. The Morgan fingerprint density at radius 3 is 2.39 bits per heavy atom. The van der Waals surface area contributed by atoms with E-state index in [9.17, 15) is 9.59 Å². The molecule has 2 amide bonds. The molecule has 0 heterocycles. The van der Waals surface area contributed by atoms with Gasteiger partial charge in [0.15, 0.2) is 0 Å². The van der Waals surface area contributed by atoms with E-state index in [4.69, 9.17) is 4.74 Å². The maximum Gasteiger partial charge on any atom is 0.407 e. The van der Waals surface area contributed by atoms with E-state index in [1.807, 2.05) is 52.0 Å². The first-order valence-electron chi connectivity index (χ1n) is 7.69. The van der Waals surface area contributed by atoms with Gasteiger partial charge in [0.1, 0.15) is 5.60 Å². The van der Waals surface area contributed by atoms with E-state index < -0.39 is 11.7 Å². The minimum Gasteiger partial charge on any atom is -0.444 e. The average Bonchev–Trinajstić information content (AvgIpc) is 2.42. The van der Waals surface area contributed by atoms with E-state index >= 15 is 0 Å². The molecule has 0 bridgehead atoms. The number of amides is 2. The number of ether oxygens (including phenoxy) is 1. The molecule has 0 saturated carbocycles. The van der Waals surface area contributed by atoms with Gasteiger partial charge in [-0.05, 0) is 51.8 Å². The van der Waals surface area contributed by atoms with E-state index in [0.717, 1.165) is 10.0 Å². The molecule has 0 spiro atoms. The SMILES string of the molecule is C[C@@H](NC(=O)CCCNC(=O)OC(C)(C)C)c1ccc(Br)cc1. The Morgan fingerprint density at radius 2 is 1.83 bits per heavy atom. The van der Waals surface area contributed by atoms with Gasteiger partial charge >= 0.3 is 6.09 Å². The lowest BCUT2D eigenvalue weighted by atomic mass is 10.1. The summed E-state index contributed by atoms with van der Waals surface area (Å²) in [6, 6.07) is 7.79. The van der Waals surface area contributed by atoms with Crippen LogP contribution in [0.2, 0.25) is 0 Å². The lowest BCUT2D eigenvalue weighted by Gasteiger charge is -2.19. The third-order valence-electron chi connectivity index (χ3n) is 3.00. The lowest BCUT2D eigenvalue weighted by Crippen LogP contribution is -2.33. The molecule has 23 heavy (non-hydrogen) atoms. The third-order valence-corrected chi connectivity index (χ3v) is 3.53.